The Bertz CT molecular complexity index is 1040. The molecular formula is C27H34N+. The van der Waals surface area contributed by atoms with Gasteiger partial charge in [0, 0.05) is 13.0 Å². The minimum absolute atomic E-state index is 0.524. The fourth-order valence-electron chi connectivity index (χ4n) is 5.07. The predicted octanol–water partition coefficient (Wildman–Crippen LogP) is 7.04. The van der Waals surface area contributed by atoms with Crippen molar-refractivity contribution in [2.45, 2.75) is 72.1 Å². The fraction of sp³-hybridized carbons (Fsp3) is 0.444. The first-order valence-electron chi connectivity index (χ1n) is 10.9. The molecule has 4 rings (SSSR count). The van der Waals surface area contributed by atoms with E-state index in [0.717, 1.165) is 5.92 Å². The molecule has 0 unspecified atom stereocenters. The van der Waals surface area contributed by atoms with E-state index in [-0.39, 0.29) is 0 Å². The second kappa shape index (κ2) is 7.35. The zero-order valence-electron chi connectivity index (χ0n) is 18.4. The van der Waals surface area contributed by atoms with Gasteiger partial charge >= 0.3 is 0 Å². The number of hydrogen-bond acceptors (Lipinski definition) is 0. The van der Waals surface area contributed by atoms with E-state index in [2.05, 4.69) is 82.6 Å². The summed E-state index contributed by atoms with van der Waals surface area (Å²) in [7, 11) is 2.23. The van der Waals surface area contributed by atoms with Crippen LogP contribution in [0.2, 0.25) is 0 Å². The molecule has 0 spiro atoms. The molecule has 0 amide bonds. The molecule has 1 aromatic heterocycles. The molecule has 146 valence electrons. The third-order valence-electron chi connectivity index (χ3n) is 7.01. The molecule has 2 aromatic carbocycles. The number of aromatic nitrogens is 1. The van der Waals surface area contributed by atoms with Crippen molar-refractivity contribution >= 4 is 10.8 Å². The summed E-state index contributed by atoms with van der Waals surface area (Å²) in [4.78, 5) is 0. The number of rotatable bonds is 3. The van der Waals surface area contributed by atoms with Crippen LogP contribution < -0.4 is 4.57 Å². The SMILES string of the molecule is Cc1cc(C2CCCC2)cc(-c2c3cccc(C(C)C)c3cc(C)[n+]2C)c1C. The highest BCUT2D eigenvalue weighted by atomic mass is 14.9. The molecular weight excluding hydrogens is 338 g/mol. The third kappa shape index (κ3) is 3.15. The molecule has 0 bridgehead atoms. The van der Waals surface area contributed by atoms with Crippen molar-refractivity contribution in [1.82, 2.24) is 0 Å². The summed E-state index contributed by atoms with van der Waals surface area (Å²) in [6.45, 7) is 11.4. The standard InChI is InChI=1S/C27H34N/c1-17(2)23-12-9-13-24-26(23)15-19(4)28(6)27(24)25-16-22(14-18(3)20(25)5)21-10-7-8-11-21/h9,12-17,21H,7-8,10-11H2,1-6H3/q+1. The van der Waals surface area contributed by atoms with Gasteiger partial charge in [-0.15, -0.1) is 0 Å². The molecule has 1 nitrogen and oxygen atoms in total. The first-order chi connectivity index (χ1) is 13.4. The van der Waals surface area contributed by atoms with Crippen LogP contribution in [0.1, 0.15) is 79.3 Å². The summed E-state index contributed by atoms with van der Waals surface area (Å²) < 4.78 is 2.40. The van der Waals surface area contributed by atoms with E-state index >= 15 is 0 Å². The molecule has 0 N–H and O–H groups in total. The van der Waals surface area contributed by atoms with Crippen LogP contribution in [0.5, 0.6) is 0 Å². The molecule has 1 heterocycles. The van der Waals surface area contributed by atoms with E-state index in [1.54, 1.807) is 5.56 Å². The minimum Gasteiger partial charge on any atom is -0.198 e. The van der Waals surface area contributed by atoms with Gasteiger partial charge in [0.05, 0.1) is 10.9 Å². The van der Waals surface area contributed by atoms with Crippen LogP contribution in [0.15, 0.2) is 36.4 Å². The molecule has 1 fully saturated rings. The van der Waals surface area contributed by atoms with E-state index < -0.39 is 0 Å². The van der Waals surface area contributed by atoms with Crippen molar-refractivity contribution in [3.63, 3.8) is 0 Å². The van der Waals surface area contributed by atoms with Crippen LogP contribution in [0.3, 0.4) is 0 Å². The number of pyridine rings is 1. The zero-order valence-corrected chi connectivity index (χ0v) is 18.4. The lowest BCUT2D eigenvalue weighted by Crippen LogP contribution is -2.35. The Morgan fingerprint density at radius 1 is 0.929 bits per heavy atom. The third-order valence-corrected chi connectivity index (χ3v) is 7.01. The molecule has 0 saturated heterocycles. The maximum absolute atomic E-state index is 2.51. The molecule has 28 heavy (non-hydrogen) atoms. The molecule has 0 aliphatic heterocycles. The van der Waals surface area contributed by atoms with Crippen LogP contribution >= 0.6 is 0 Å². The van der Waals surface area contributed by atoms with Gasteiger partial charge in [0.25, 0.3) is 0 Å². The molecule has 3 aromatic rings. The first kappa shape index (κ1) is 19.2. The van der Waals surface area contributed by atoms with Crippen LogP contribution in [0, 0.1) is 20.8 Å². The Balaban J connectivity index is 2.04. The summed E-state index contributed by atoms with van der Waals surface area (Å²) in [5, 5.41) is 2.79. The smallest absolute Gasteiger partial charge is 0.198 e. The zero-order chi connectivity index (χ0) is 20.0. The van der Waals surface area contributed by atoms with Gasteiger partial charge in [0.1, 0.15) is 7.05 Å². The molecule has 1 saturated carbocycles. The van der Waals surface area contributed by atoms with Gasteiger partial charge in [-0.3, -0.25) is 0 Å². The van der Waals surface area contributed by atoms with Gasteiger partial charge in [-0.05, 0) is 78.3 Å². The van der Waals surface area contributed by atoms with Gasteiger partial charge in [0.15, 0.2) is 5.69 Å². The number of aryl methyl sites for hydroxylation is 2. The minimum atomic E-state index is 0.524. The van der Waals surface area contributed by atoms with Crippen molar-refractivity contribution in [2.75, 3.05) is 0 Å². The maximum atomic E-state index is 2.51. The van der Waals surface area contributed by atoms with Gasteiger partial charge < -0.3 is 0 Å². The molecule has 1 aliphatic carbocycles. The van der Waals surface area contributed by atoms with Crippen LogP contribution in [0.25, 0.3) is 22.0 Å². The van der Waals surface area contributed by atoms with Gasteiger partial charge in [-0.2, -0.15) is 4.57 Å². The Kier molecular flexibility index (Phi) is 5.04. The Morgan fingerprint density at radius 2 is 1.64 bits per heavy atom. The summed E-state index contributed by atoms with van der Waals surface area (Å²) >= 11 is 0. The molecule has 0 radical (unpaired) electrons. The van der Waals surface area contributed by atoms with Crippen molar-refractivity contribution in [1.29, 1.82) is 0 Å². The van der Waals surface area contributed by atoms with E-state index in [1.165, 1.54) is 70.1 Å². The molecule has 1 aliphatic rings. The highest BCUT2D eigenvalue weighted by Gasteiger charge is 2.25. The van der Waals surface area contributed by atoms with Crippen LogP contribution in [0.4, 0.5) is 0 Å². The van der Waals surface area contributed by atoms with Gasteiger partial charge in [0.2, 0.25) is 5.69 Å². The van der Waals surface area contributed by atoms with E-state index in [4.69, 9.17) is 0 Å². The average molecular weight is 373 g/mol. The summed E-state index contributed by atoms with van der Waals surface area (Å²) in [5.74, 6) is 1.27. The number of nitrogens with zero attached hydrogens (tertiary/aromatic N) is 1. The monoisotopic (exact) mass is 372 g/mol. The van der Waals surface area contributed by atoms with Gasteiger partial charge in [-0.25, -0.2) is 0 Å². The lowest BCUT2D eigenvalue weighted by molar-refractivity contribution is -0.665. The highest BCUT2D eigenvalue weighted by molar-refractivity contribution is 5.96. The fourth-order valence-corrected chi connectivity index (χ4v) is 5.07. The van der Waals surface area contributed by atoms with Crippen molar-refractivity contribution in [3.05, 3.63) is 64.3 Å². The Labute approximate surface area is 170 Å². The summed E-state index contributed by atoms with van der Waals surface area (Å²) in [5.41, 5.74) is 9.94. The molecule has 0 atom stereocenters. The van der Waals surface area contributed by atoms with Crippen LogP contribution in [-0.4, -0.2) is 0 Å². The Hall–Kier alpha value is -2.15. The quantitative estimate of drug-likeness (QED) is 0.434. The van der Waals surface area contributed by atoms with Gasteiger partial charge in [-0.1, -0.05) is 44.9 Å². The average Bonchev–Trinajstić information content (AvgIpc) is 3.19. The molecule has 1 heteroatoms. The maximum Gasteiger partial charge on any atom is 0.220 e. The van der Waals surface area contributed by atoms with Crippen molar-refractivity contribution < 1.29 is 4.57 Å². The highest BCUT2D eigenvalue weighted by Crippen LogP contribution is 2.39. The predicted molar refractivity (Wildman–Crippen MR) is 120 cm³/mol. The normalized spacial score (nSPS) is 15.1. The summed E-state index contributed by atoms with van der Waals surface area (Å²) in [6, 6.07) is 14.2. The lowest BCUT2D eigenvalue weighted by Gasteiger charge is -2.18. The van der Waals surface area contributed by atoms with Crippen molar-refractivity contribution in [2.24, 2.45) is 7.05 Å². The lowest BCUT2D eigenvalue weighted by atomic mass is 9.87. The number of hydrogen-bond donors (Lipinski definition) is 0. The Morgan fingerprint density at radius 3 is 2.32 bits per heavy atom. The number of fused-ring (bicyclic) bond motifs is 1. The van der Waals surface area contributed by atoms with E-state index in [0.29, 0.717) is 5.92 Å². The second-order valence-electron chi connectivity index (χ2n) is 9.15. The summed E-state index contributed by atoms with van der Waals surface area (Å²) in [6.07, 6.45) is 5.46. The van der Waals surface area contributed by atoms with E-state index in [1.807, 2.05) is 0 Å². The topological polar surface area (TPSA) is 3.88 Å². The second-order valence-corrected chi connectivity index (χ2v) is 9.15. The largest absolute Gasteiger partial charge is 0.220 e. The van der Waals surface area contributed by atoms with E-state index in [9.17, 15) is 0 Å². The van der Waals surface area contributed by atoms with Crippen molar-refractivity contribution in [3.8, 4) is 11.3 Å². The first-order valence-corrected chi connectivity index (χ1v) is 10.9. The van der Waals surface area contributed by atoms with Crippen LogP contribution in [-0.2, 0) is 7.05 Å². The number of benzene rings is 2.